The molecule has 85 valence electrons. The summed E-state index contributed by atoms with van der Waals surface area (Å²) in [5.41, 5.74) is 1.32. The van der Waals surface area contributed by atoms with E-state index in [0.29, 0.717) is 5.92 Å². The molecule has 1 aromatic rings. The molecule has 2 heteroatoms. The topological polar surface area (TPSA) is 18.5 Å². The summed E-state index contributed by atoms with van der Waals surface area (Å²) in [5.74, 6) is 0.370. The van der Waals surface area contributed by atoms with Gasteiger partial charge in [0.2, 0.25) is 6.29 Å². The van der Waals surface area contributed by atoms with E-state index in [2.05, 4.69) is 31.2 Å². The monoisotopic (exact) mass is 217 g/mol. The Balaban J connectivity index is 1.97. The lowest BCUT2D eigenvalue weighted by atomic mass is 9.94. The van der Waals surface area contributed by atoms with Gasteiger partial charge >= 0.3 is 0 Å². The summed E-state index contributed by atoms with van der Waals surface area (Å²) in [6, 6.07) is 10.4. The van der Waals surface area contributed by atoms with Crippen LogP contribution in [0.2, 0.25) is 0 Å². The van der Waals surface area contributed by atoms with E-state index in [9.17, 15) is 0 Å². The number of hydrogen-bond donors (Lipinski definition) is 0. The van der Waals surface area contributed by atoms with Gasteiger partial charge in [-0.05, 0) is 18.4 Å². The predicted octanol–water partition coefficient (Wildman–Crippen LogP) is 3.30. The van der Waals surface area contributed by atoms with Gasteiger partial charge in [-0.15, -0.1) is 0 Å². The molecule has 1 aromatic carbocycles. The summed E-state index contributed by atoms with van der Waals surface area (Å²) in [6.45, 7) is 3.91. The summed E-state index contributed by atoms with van der Waals surface area (Å²) in [5, 5.41) is 0. The van der Waals surface area contributed by atoms with Crippen LogP contribution in [0.1, 0.15) is 18.4 Å². The first kappa shape index (κ1) is 11.1. The number of ether oxygens (including phenoxy) is 2. The largest absolute Gasteiger partial charge is 0.459 e. The summed E-state index contributed by atoms with van der Waals surface area (Å²) in [6.07, 6.45) is 5.99. The minimum Gasteiger partial charge on any atom is -0.459 e. The van der Waals surface area contributed by atoms with E-state index in [-0.39, 0.29) is 6.29 Å². The van der Waals surface area contributed by atoms with E-state index in [1.54, 1.807) is 12.5 Å². The predicted molar refractivity (Wildman–Crippen MR) is 63.3 cm³/mol. The second-order valence-electron chi connectivity index (χ2n) is 4.00. The van der Waals surface area contributed by atoms with Crippen LogP contribution in [0.3, 0.4) is 0 Å². The quantitative estimate of drug-likeness (QED) is 0.753. The standard InChI is InChI=1S/C14H17O2/c1-2-6-13(14-15-9-10-16-14)11-12-7-4-3-5-8-12/h3-5,7-10,13-14H,1-2,6,11H2. The van der Waals surface area contributed by atoms with Gasteiger partial charge in [0, 0.05) is 5.92 Å². The Labute approximate surface area is 96.9 Å². The van der Waals surface area contributed by atoms with Crippen LogP contribution in [0.25, 0.3) is 0 Å². The maximum absolute atomic E-state index is 5.41. The van der Waals surface area contributed by atoms with Crippen molar-refractivity contribution in [3.05, 3.63) is 55.3 Å². The molecule has 1 radical (unpaired) electrons. The molecule has 0 aliphatic carbocycles. The third kappa shape index (κ3) is 2.78. The van der Waals surface area contributed by atoms with Crippen molar-refractivity contribution >= 4 is 0 Å². The van der Waals surface area contributed by atoms with Crippen molar-refractivity contribution in [2.24, 2.45) is 5.92 Å². The zero-order valence-electron chi connectivity index (χ0n) is 9.34. The summed E-state index contributed by atoms with van der Waals surface area (Å²) < 4.78 is 10.8. The van der Waals surface area contributed by atoms with Gasteiger partial charge in [0.25, 0.3) is 0 Å². The van der Waals surface area contributed by atoms with Gasteiger partial charge < -0.3 is 9.47 Å². The van der Waals surface area contributed by atoms with Crippen LogP contribution >= 0.6 is 0 Å². The molecule has 1 unspecified atom stereocenters. The molecule has 0 N–H and O–H groups in total. The van der Waals surface area contributed by atoms with Gasteiger partial charge in [-0.2, -0.15) is 0 Å². The highest BCUT2D eigenvalue weighted by Gasteiger charge is 2.24. The van der Waals surface area contributed by atoms with Crippen molar-refractivity contribution in [3.63, 3.8) is 0 Å². The van der Waals surface area contributed by atoms with Crippen LogP contribution in [0.4, 0.5) is 0 Å². The summed E-state index contributed by atoms with van der Waals surface area (Å²) in [4.78, 5) is 0. The van der Waals surface area contributed by atoms with E-state index in [1.165, 1.54) is 5.56 Å². The molecule has 0 aromatic heterocycles. The number of rotatable bonds is 5. The first-order chi connectivity index (χ1) is 7.90. The maximum Gasteiger partial charge on any atom is 0.242 e. The van der Waals surface area contributed by atoms with Crippen molar-refractivity contribution in [2.45, 2.75) is 25.6 Å². The van der Waals surface area contributed by atoms with Crippen molar-refractivity contribution in [1.82, 2.24) is 0 Å². The van der Waals surface area contributed by atoms with Crippen molar-refractivity contribution in [2.75, 3.05) is 0 Å². The molecule has 1 atom stereocenters. The lowest BCUT2D eigenvalue weighted by Gasteiger charge is -2.21. The minimum absolute atomic E-state index is 0.137. The molecule has 0 saturated carbocycles. The van der Waals surface area contributed by atoms with Gasteiger partial charge in [-0.25, -0.2) is 0 Å². The zero-order valence-corrected chi connectivity index (χ0v) is 9.34. The van der Waals surface area contributed by atoms with Gasteiger partial charge in [-0.1, -0.05) is 43.7 Å². The fourth-order valence-electron chi connectivity index (χ4n) is 1.99. The highest BCUT2D eigenvalue weighted by molar-refractivity contribution is 5.15. The molecule has 2 nitrogen and oxygen atoms in total. The fourth-order valence-corrected chi connectivity index (χ4v) is 1.99. The first-order valence-electron chi connectivity index (χ1n) is 5.69. The zero-order chi connectivity index (χ0) is 11.2. The molecule has 16 heavy (non-hydrogen) atoms. The van der Waals surface area contributed by atoms with E-state index < -0.39 is 0 Å². The maximum atomic E-state index is 5.41. The molecular formula is C14H17O2. The molecule has 0 saturated heterocycles. The van der Waals surface area contributed by atoms with Crippen LogP contribution < -0.4 is 0 Å². The van der Waals surface area contributed by atoms with E-state index >= 15 is 0 Å². The molecule has 1 aliphatic rings. The Morgan fingerprint density at radius 2 is 1.81 bits per heavy atom. The summed E-state index contributed by atoms with van der Waals surface area (Å²) >= 11 is 0. The average Bonchev–Trinajstić information content (AvgIpc) is 2.83. The second-order valence-corrected chi connectivity index (χ2v) is 4.00. The number of hydrogen-bond acceptors (Lipinski definition) is 2. The highest BCUT2D eigenvalue weighted by Crippen LogP contribution is 2.24. The third-order valence-corrected chi connectivity index (χ3v) is 2.78. The van der Waals surface area contributed by atoms with Crippen molar-refractivity contribution in [1.29, 1.82) is 0 Å². The molecule has 0 spiro atoms. The smallest absolute Gasteiger partial charge is 0.242 e. The molecule has 1 heterocycles. The summed E-state index contributed by atoms with van der Waals surface area (Å²) in [7, 11) is 0. The van der Waals surface area contributed by atoms with Crippen molar-refractivity contribution < 1.29 is 9.47 Å². The van der Waals surface area contributed by atoms with Gasteiger partial charge in [0.15, 0.2) is 0 Å². The molecule has 2 rings (SSSR count). The molecule has 1 aliphatic heterocycles. The normalized spacial score (nSPS) is 16.8. The second kappa shape index (κ2) is 5.59. The van der Waals surface area contributed by atoms with Gasteiger partial charge in [0.1, 0.15) is 12.5 Å². The van der Waals surface area contributed by atoms with E-state index in [4.69, 9.17) is 9.47 Å². The molecule has 0 bridgehead atoms. The Kier molecular flexibility index (Phi) is 3.86. The van der Waals surface area contributed by atoms with Crippen LogP contribution in [0, 0.1) is 12.8 Å². The van der Waals surface area contributed by atoms with Crippen LogP contribution in [0.15, 0.2) is 42.9 Å². The Morgan fingerprint density at radius 3 is 2.44 bits per heavy atom. The van der Waals surface area contributed by atoms with E-state index in [0.717, 1.165) is 19.3 Å². The van der Waals surface area contributed by atoms with Crippen molar-refractivity contribution in [3.8, 4) is 0 Å². The lowest BCUT2D eigenvalue weighted by molar-refractivity contribution is -0.0685. The Bertz CT molecular complexity index is 324. The number of benzene rings is 1. The fraction of sp³-hybridized carbons (Fsp3) is 0.357. The van der Waals surface area contributed by atoms with Crippen LogP contribution in [-0.4, -0.2) is 6.29 Å². The molecule has 0 amide bonds. The highest BCUT2D eigenvalue weighted by atomic mass is 16.7. The minimum atomic E-state index is -0.137. The molecule has 0 fully saturated rings. The Hall–Kier alpha value is -1.44. The van der Waals surface area contributed by atoms with Gasteiger partial charge in [-0.3, -0.25) is 0 Å². The average molecular weight is 217 g/mol. The third-order valence-electron chi connectivity index (χ3n) is 2.78. The SMILES string of the molecule is [CH2]CCC(Cc1ccccc1)C1OC=CO1. The van der Waals surface area contributed by atoms with Crippen LogP contribution in [0.5, 0.6) is 0 Å². The van der Waals surface area contributed by atoms with E-state index in [1.807, 2.05) is 6.07 Å². The van der Waals surface area contributed by atoms with Gasteiger partial charge in [0.05, 0.1) is 0 Å². The lowest BCUT2D eigenvalue weighted by Crippen LogP contribution is -2.23. The Morgan fingerprint density at radius 1 is 1.12 bits per heavy atom. The van der Waals surface area contributed by atoms with Crippen LogP contribution in [-0.2, 0) is 15.9 Å². The first-order valence-corrected chi connectivity index (χ1v) is 5.69. The molecular weight excluding hydrogens is 200 g/mol.